The standard InChI is InChI=1S/C12H15FO2/c1-7-5-8(12(2,3)4)6-9(10(7)13)11(14)15/h5-6H,1-4H3,(H,14,15). The molecule has 1 rings (SSSR count). The molecule has 15 heavy (non-hydrogen) atoms. The molecule has 0 spiro atoms. The summed E-state index contributed by atoms with van der Waals surface area (Å²) in [5, 5.41) is 8.84. The maximum atomic E-state index is 13.4. The van der Waals surface area contributed by atoms with Gasteiger partial charge in [-0.1, -0.05) is 26.8 Å². The Morgan fingerprint density at radius 1 is 1.33 bits per heavy atom. The van der Waals surface area contributed by atoms with E-state index in [-0.39, 0.29) is 11.0 Å². The van der Waals surface area contributed by atoms with Gasteiger partial charge in [-0.3, -0.25) is 0 Å². The van der Waals surface area contributed by atoms with Gasteiger partial charge in [0.25, 0.3) is 0 Å². The molecule has 0 heterocycles. The van der Waals surface area contributed by atoms with Gasteiger partial charge >= 0.3 is 5.97 Å². The molecular formula is C12H15FO2. The molecule has 0 unspecified atom stereocenters. The molecule has 0 amide bonds. The monoisotopic (exact) mass is 210 g/mol. The molecular weight excluding hydrogens is 195 g/mol. The van der Waals surface area contributed by atoms with Crippen molar-refractivity contribution in [3.8, 4) is 0 Å². The Morgan fingerprint density at radius 3 is 2.27 bits per heavy atom. The molecule has 0 radical (unpaired) electrons. The van der Waals surface area contributed by atoms with Crippen LogP contribution in [0.15, 0.2) is 12.1 Å². The van der Waals surface area contributed by atoms with E-state index < -0.39 is 11.8 Å². The molecule has 0 aliphatic carbocycles. The van der Waals surface area contributed by atoms with Gasteiger partial charge in [0, 0.05) is 0 Å². The van der Waals surface area contributed by atoms with E-state index in [0.717, 1.165) is 5.56 Å². The molecule has 0 bridgehead atoms. The predicted molar refractivity (Wildman–Crippen MR) is 56.8 cm³/mol. The van der Waals surface area contributed by atoms with E-state index in [4.69, 9.17) is 5.11 Å². The third-order valence-corrected chi connectivity index (χ3v) is 2.35. The van der Waals surface area contributed by atoms with Gasteiger partial charge in [0.05, 0.1) is 5.56 Å². The van der Waals surface area contributed by atoms with Crippen LogP contribution in [0.2, 0.25) is 0 Å². The maximum Gasteiger partial charge on any atom is 0.338 e. The Kier molecular flexibility index (Phi) is 2.84. The Balaban J connectivity index is 3.43. The zero-order chi connectivity index (χ0) is 11.8. The zero-order valence-electron chi connectivity index (χ0n) is 9.39. The summed E-state index contributed by atoms with van der Waals surface area (Å²) in [7, 11) is 0. The second-order valence-electron chi connectivity index (χ2n) is 4.71. The Hall–Kier alpha value is -1.38. The molecule has 2 nitrogen and oxygen atoms in total. The first kappa shape index (κ1) is 11.7. The molecule has 0 aromatic heterocycles. The number of benzene rings is 1. The van der Waals surface area contributed by atoms with Crippen LogP contribution in [0.1, 0.15) is 42.3 Å². The van der Waals surface area contributed by atoms with Crippen molar-refractivity contribution in [1.29, 1.82) is 0 Å². The number of carbonyl (C=O) groups is 1. The first-order valence-corrected chi connectivity index (χ1v) is 4.77. The summed E-state index contributed by atoms with van der Waals surface area (Å²) in [5.41, 5.74) is 0.779. The van der Waals surface area contributed by atoms with Crippen LogP contribution in [0, 0.1) is 12.7 Å². The molecule has 82 valence electrons. The van der Waals surface area contributed by atoms with Crippen molar-refractivity contribution in [1.82, 2.24) is 0 Å². The van der Waals surface area contributed by atoms with Gasteiger partial charge in [-0.25, -0.2) is 9.18 Å². The highest BCUT2D eigenvalue weighted by Gasteiger charge is 2.20. The first-order valence-electron chi connectivity index (χ1n) is 4.77. The van der Waals surface area contributed by atoms with Crippen LogP contribution in [0.5, 0.6) is 0 Å². The summed E-state index contributed by atoms with van der Waals surface area (Å²) in [6.45, 7) is 7.47. The van der Waals surface area contributed by atoms with Gasteiger partial charge < -0.3 is 5.11 Å². The fraction of sp³-hybridized carbons (Fsp3) is 0.417. The molecule has 0 atom stereocenters. The fourth-order valence-electron chi connectivity index (χ4n) is 1.36. The number of carboxylic acids is 1. The lowest BCUT2D eigenvalue weighted by atomic mass is 9.85. The van der Waals surface area contributed by atoms with Crippen molar-refractivity contribution in [2.75, 3.05) is 0 Å². The van der Waals surface area contributed by atoms with Crippen LogP contribution in [0.4, 0.5) is 4.39 Å². The van der Waals surface area contributed by atoms with Crippen LogP contribution < -0.4 is 0 Å². The third-order valence-electron chi connectivity index (χ3n) is 2.35. The number of carboxylic acid groups (broad SMARTS) is 1. The number of hydrogen-bond acceptors (Lipinski definition) is 1. The lowest BCUT2D eigenvalue weighted by Gasteiger charge is -2.20. The summed E-state index contributed by atoms with van der Waals surface area (Å²) >= 11 is 0. The lowest BCUT2D eigenvalue weighted by Crippen LogP contribution is -2.14. The van der Waals surface area contributed by atoms with Crippen LogP contribution >= 0.6 is 0 Å². The quantitative estimate of drug-likeness (QED) is 0.773. The molecule has 1 aromatic carbocycles. The molecule has 3 heteroatoms. The summed E-state index contributed by atoms with van der Waals surface area (Å²) in [4.78, 5) is 10.8. The second kappa shape index (κ2) is 3.65. The highest BCUT2D eigenvalue weighted by atomic mass is 19.1. The number of halogens is 1. The van der Waals surface area contributed by atoms with E-state index in [9.17, 15) is 9.18 Å². The van der Waals surface area contributed by atoms with Crippen LogP contribution in [-0.4, -0.2) is 11.1 Å². The zero-order valence-corrected chi connectivity index (χ0v) is 9.39. The second-order valence-corrected chi connectivity index (χ2v) is 4.71. The third kappa shape index (κ3) is 2.35. The normalized spacial score (nSPS) is 11.5. The van der Waals surface area contributed by atoms with Crippen molar-refractivity contribution >= 4 is 5.97 Å². The smallest absolute Gasteiger partial charge is 0.338 e. The average molecular weight is 210 g/mol. The fourth-order valence-corrected chi connectivity index (χ4v) is 1.36. The van der Waals surface area contributed by atoms with Crippen LogP contribution in [0.3, 0.4) is 0 Å². The van der Waals surface area contributed by atoms with Crippen molar-refractivity contribution in [3.05, 3.63) is 34.6 Å². The SMILES string of the molecule is Cc1cc(C(C)(C)C)cc(C(=O)O)c1F. The number of aryl methyl sites for hydroxylation is 1. The van der Waals surface area contributed by atoms with Crippen molar-refractivity contribution in [2.24, 2.45) is 0 Å². The van der Waals surface area contributed by atoms with E-state index >= 15 is 0 Å². The van der Waals surface area contributed by atoms with E-state index in [2.05, 4.69) is 0 Å². The highest BCUT2D eigenvalue weighted by molar-refractivity contribution is 5.88. The minimum absolute atomic E-state index is 0.178. The molecule has 0 aliphatic rings. The molecule has 0 saturated heterocycles. The lowest BCUT2D eigenvalue weighted by molar-refractivity contribution is 0.0691. The molecule has 0 saturated carbocycles. The Bertz CT molecular complexity index is 403. The number of hydrogen-bond donors (Lipinski definition) is 1. The van der Waals surface area contributed by atoms with Gasteiger partial charge in [0.2, 0.25) is 0 Å². The van der Waals surface area contributed by atoms with Gasteiger partial charge in [-0.15, -0.1) is 0 Å². The van der Waals surface area contributed by atoms with Gasteiger partial charge in [0.15, 0.2) is 0 Å². The minimum atomic E-state index is -1.22. The van der Waals surface area contributed by atoms with Gasteiger partial charge in [-0.05, 0) is 29.5 Å². The Labute approximate surface area is 88.7 Å². The summed E-state index contributed by atoms with van der Waals surface area (Å²) in [5.74, 6) is -1.86. The summed E-state index contributed by atoms with van der Waals surface area (Å²) in [6.07, 6.45) is 0. The van der Waals surface area contributed by atoms with E-state index in [0.29, 0.717) is 5.56 Å². The summed E-state index contributed by atoms with van der Waals surface area (Å²) < 4.78 is 13.4. The molecule has 0 aliphatic heterocycles. The molecule has 0 fully saturated rings. The van der Waals surface area contributed by atoms with Crippen molar-refractivity contribution in [2.45, 2.75) is 33.1 Å². The minimum Gasteiger partial charge on any atom is -0.478 e. The van der Waals surface area contributed by atoms with Gasteiger partial charge in [-0.2, -0.15) is 0 Å². The maximum absolute atomic E-state index is 13.4. The highest BCUT2D eigenvalue weighted by Crippen LogP contribution is 2.26. The van der Waals surface area contributed by atoms with Crippen LogP contribution in [-0.2, 0) is 5.41 Å². The largest absolute Gasteiger partial charge is 0.478 e. The topological polar surface area (TPSA) is 37.3 Å². The van der Waals surface area contributed by atoms with Gasteiger partial charge in [0.1, 0.15) is 5.82 Å². The molecule has 1 aromatic rings. The predicted octanol–water partition coefficient (Wildman–Crippen LogP) is 3.13. The van der Waals surface area contributed by atoms with Crippen molar-refractivity contribution < 1.29 is 14.3 Å². The first-order chi connectivity index (χ1) is 6.73. The molecule has 1 N–H and O–H groups in total. The van der Waals surface area contributed by atoms with E-state index in [1.807, 2.05) is 20.8 Å². The van der Waals surface area contributed by atoms with Crippen molar-refractivity contribution in [3.63, 3.8) is 0 Å². The summed E-state index contributed by atoms with van der Waals surface area (Å²) in [6, 6.07) is 3.10. The average Bonchev–Trinajstić information content (AvgIpc) is 2.06. The van der Waals surface area contributed by atoms with E-state index in [1.54, 1.807) is 13.0 Å². The van der Waals surface area contributed by atoms with Crippen LogP contribution in [0.25, 0.3) is 0 Å². The van der Waals surface area contributed by atoms with E-state index in [1.165, 1.54) is 6.07 Å². The Morgan fingerprint density at radius 2 is 1.87 bits per heavy atom. The number of aromatic carboxylic acids is 1. The number of rotatable bonds is 1.